The van der Waals surface area contributed by atoms with Crippen molar-refractivity contribution in [3.05, 3.63) is 0 Å². The summed E-state index contributed by atoms with van der Waals surface area (Å²) in [7, 11) is 0. The van der Waals surface area contributed by atoms with E-state index in [0.717, 1.165) is 12.3 Å². The topological polar surface area (TPSA) is 41.1 Å². The van der Waals surface area contributed by atoms with Crippen LogP contribution in [0.25, 0.3) is 0 Å². The molecule has 0 aromatic rings. The maximum atomic E-state index is 11.3. The van der Waals surface area contributed by atoms with Gasteiger partial charge in [-0.2, -0.15) is 0 Å². The normalized spacial score (nSPS) is 18.5. The van der Waals surface area contributed by atoms with Crippen molar-refractivity contribution in [2.24, 2.45) is 5.92 Å². The predicted octanol–water partition coefficient (Wildman–Crippen LogP) is 1.88. The van der Waals surface area contributed by atoms with Crippen molar-refractivity contribution >= 4 is 6.03 Å². The van der Waals surface area contributed by atoms with E-state index >= 15 is 0 Å². The molecule has 0 aromatic carbocycles. The fourth-order valence-electron chi connectivity index (χ4n) is 1.52. The number of carbonyl (C=O) groups is 1. The average molecular weight is 184 g/mol. The number of hydrogen-bond donors (Lipinski definition) is 2. The highest BCUT2D eigenvalue weighted by atomic mass is 16.2. The summed E-state index contributed by atoms with van der Waals surface area (Å²) in [5.41, 5.74) is 0. The van der Waals surface area contributed by atoms with E-state index in [0.29, 0.717) is 6.04 Å². The zero-order valence-corrected chi connectivity index (χ0v) is 8.76. The Morgan fingerprint density at radius 3 is 2.38 bits per heavy atom. The molecule has 2 N–H and O–H groups in total. The molecule has 0 aromatic heterocycles. The van der Waals surface area contributed by atoms with Crippen LogP contribution in [0.5, 0.6) is 0 Å². The maximum Gasteiger partial charge on any atom is 0.315 e. The van der Waals surface area contributed by atoms with Gasteiger partial charge in [-0.25, -0.2) is 4.79 Å². The van der Waals surface area contributed by atoms with Crippen LogP contribution >= 0.6 is 0 Å². The fourth-order valence-corrected chi connectivity index (χ4v) is 1.52. The molecule has 0 radical (unpaired) electrons. The van der Waals surface area contributed by atoms with E-state index in [1.54, 1.807) is 0 Å². The monoisotopic (exact) mass is 184 g/mol. The van der Waals surface area contributed by atoms with Gasteiger partial charge in [-0.3, -0.25) is 0 Å². The molecular formula is C10H20N2O. The largest absolute Gasteiger partial charge is 0.336 e. The van der Waals surface area contributed by atoms with Gasteiger partial charge in [0.05, 0.1) is 0 Å². The third-order valence-electron chi connectivity index (χ3n) is 2.37. The summed E-state index contributed by atoms with van der Waals surface area (Å²) in [6.07, 6.45) is 3.59. The van der Waals surface area contributed by atoms with Crippen LogP contribution in [0.15, 0.2) is 0 Å². The molecule has 13 heavy (non-hydrogen) atoms. The standard InChI is InChI=1S/C10H20N2O/c1-4-9(8-5-6-8)12-10(13)11-7(2)3/h7-9H,4-6H2,1-3H3,(H2,11,12,13). The molecule has 76 valence electrons. The number of carbonyl (C=O) groups excluding carboxylic acids is 1. The average Bonchev–Trinajstić information content (AvgIpc) is 2.81. The van der Waals surface area contributed by atoms with Gasteiger partial charge in [0.15, 0.2) is 0 Å². The minimum absolute atomic E-state index is 0.0197. The predicted molar refractivity (Wildman–Crippen MR) is 53.6 cm³/mol. The molecule has 3 heteroatoms. The smallest absolute Gasteiger partial charge is 0.315 e. The van der Waals surface area contributed by atoms with Crippen molar-refractivity contribution < 1.29 is 4.79 Å². The minimum atomic E-state index is -0.0197. The summed E-state index contributed by atoms with van der Waals surface area (Å²) in [6.45, 7) is 6.06. The van der Waals surface area contributed by atoms with Gasteiger partial charge in [0, 0.05) is 12.1 Å². The van der Waals surface area contributed by atoms with Gasteiger partial charge in [-0.15, -0.1) is 0 Å². The first-order valence-corrected chi connectivity index (χ1v) is 5.20. The van der Waals surface area contributed by atoms with Gasteiger partial charge >= 0.3 is 6.03 Å². The lowest BCUT2D eigenvalue weighted by Gasteiger charge is -2.17. The Kier molecular flexibility index (Phi) is 3.58. The summed E-state index contributed by atoms with van der Waals surface area (Å²) >= 11 is 0. The fraction of sp³-hybridized carbons (Fsp3) is 0.900. The van der Waals surface area contributed by atoms with Gasteiger partial charge in [-0.1, -0.05) is 6.92 Å². The Bertz CT molecular complexity index is 176. The van der Waals surface area contributed by atoms with Crippen LogP contribution in [0.4, 0.5) is 4.79 Å². The Hall–Kier alpha value is -0.730. The zero-order chi connectivity index (χ0) is 9.84. The molecule has 1 unspecified atom stereocenters. The van der Waals surface area contributed by atoms with E-state index in [2.05, 4.69) is 17.6 Å². The minimum Gasteiger partial charge on any atom is -0.336 e. The summed E-state index contributed by atoms with van der Waals surface area (Å²) in [5, 5.41) is 5.85. The van der Waals surface area contributed by atoms with Crippen molar-refractivity contribution in [1.82, 2.24) is 10.6 Å². The van der Waals surface area contributed by atoms with Crippen LogP contribution in [0.1, 0.15) is 40.0 Å². The van der Waals surface area contributed by atoms with E-state index in [-0.39, 0.29) is 12.1 Å². The second-order valence-electron chi connectivity index (χ2n) is 4.12. The number of amides is 2. The summed E-state index contributed by atoms with van der Waals surface area (Å²) in [5.74, 6) is 0.739. The van der Waals surface area contributed by atoms with E-state index in [1.807, 2.05) is 13.8 Å². The van der Waals surface area contributed by atoms with Crippen LogP contribution in [-0.4, -0.2) is 18.1 Å². The summed E-state index contributed by atoms with van der Waals surface area (Å²) in [4.78, 5) is 11.3. The van der Waals surface area contributed by atoms with Crippen LogP contribution in [0.2, 0.25) is 0 Å². The van der Waals surface area contributed by atoms with Crippen LogP contribution in [0.3, 0.4) is 0 Å². The highest BCUT2D eigenvalue weighted by Gasteiger charge is 2.30. The lowest BCUT2D eigenvalue weighted by atomic mass is 10.1. The van der Waals surface area contributed by atoms with Crippen molar-refractivity contribution in [1.29, 1.82) is 0 Å². The molecule has 0 bridgehead atoms. The van der Waals surface area contributed by atoms with Gasteiger partial charge in [0.1, 0.15) is 0 Å². The Morgan fingerprint density at radius 2 is 2.00 bits per heavy atom. The first-order valence-electron chi connectivity index (χ1n) is 5.20. The molecular weight excluding hydrogens is 164 g/mol. The lowest BCUT2D eigenvalue weighted by Crippen LogP contribution is -2.45. The first kappa shape index (κ1) is 10.4. The van der Waals surface area contributed by atoms with Gasteiger partial charge in [0.25, 0.3) is 0 Å². The molecule has 1 fully saturated rings. The van der Waals surface area contributed by atoms with Crippen LogP contribution in [-0.2, 0) is 0 Å². The first-order chi connectivity index (χ1) is 6.13. The van der Waals surface area contributed by atoms with Crippen molar-refractivity contribution in [2.75, 3.05) is 0 Å². The van der Waals surface area contributed by atoms with E-state index in [1.165, 1.54) is 12.8 Å². The van der Waals surface area contributed by atoms with E-state index in [9.17, 15) is 4.79 Å². The van der Waals surface area contributed by atoms with Crippen molar-refractivity contribution in [3.8, 4) is 0 Å². The third-order valence-corrected chi connectivity index (χ3v) is 2.37. The Labute approximate surface area is 80.3 Å². The summed E-state index contributed by atoms with van der Waals surface area (Å²) in [6, 6.07) is 0.587. The SMILES string of the molecule is CCC(NC(=O)NC(C)C)C1CC1. The quantitative estimate of drug-likeness (QED) is 0.688. The number of hydrogen-bond acceptors (Lipinski definition) is 1. The second-order valence-corrected chi connectivity index (χ2v) is 4.12. The molecule has 0 saturated heterocycles. The maximum absolute atomic E-state index is 11.3. The van der Waals surface area contributed by atoms with Crippen molar-refractivity contribution in [2.45, 2.75) is 52.1 Å². The zero-order valence-electron chi connectivity index (χ0n) is 8.76. The molecule has 1 aliphatic carbocycles. The Balaban J connectivity index is 2.24. The molecule has 1 atom stereocenters. The van der Waals surface area contributed by atoms with Gasteiger partial charge < -0.3 is 10.6 Å². The van der Waals surface area contributed by atoms with Gasteiger partial charge in [0.2, 0.25) is 0 Å². The number of nitrogens with one attached hydrogen (secondary N) is 2. The molecule has 1 saturated carbocycles. The van der Waals surface area contributed by atoms with E-state index in [4.69, 9.17) is 0 Å². The molecule has 1 aliphatic rings. The number of urea groups is 1. The highest BCUT2D eigenvalue weighted by molar-refractivity contribution is 5.74. The number of rotatable bonds is 4. The Morgan fingerprint density at radius 1 is 1.38 bits per heavy atom. The second kappa shape index (κ2) is 4.49. The van der Waals surface area contributed by atoms with Gasteiger partial charge in [-0.05, 0) is 39.0 Å². The van der Waals surface area contributed by atoms with Crippen LogP contribution < -0.4 is 10.6 Å². The molecule has 0 heterocycles. The lowest BCUT2D eigenvalue weighted by molar-refractivity contribution is 0.232. The molecule has 0 aliphatic heterocycles. The molecule has 1 rings (SSSR count). The third kappa shape index (κ3) is 3.66. The summed E-state index contributed by atoms with van der Waals surface area (Å²) < 4.78 is 0. The van der Waals surface area contributed by atoms with Crippen LogP contribution in [0, 0.1) is 5.92 Å². The highest BCUT2D eigenvalue weighted by Crippen LogP contribution is 2.33. The molecule has 0 spiro atoms. The molecule has 2 amide bonds. The van der Waals surface area contributed by atoms with Crippen molar-refractivity contribution in [3.63, 3.8) is 0 Å². The van der Waals surface area contributed by atoms with E-state index < -0.39 is 0 Å². The molecule has 3 nitrogen and oxygen atoms in total.